The Kier molecular flexibility index (Phi) is 4.47. The molecule has 1 aromatic heterocycles. The summed E-state index contributed by atoms with van der Waals surface area (Å²) in [5.41, 5.74) is -3.26. The number of esters is 2. The predicted molar refractivity (Wildman–Crippen MR) is 85.8 cm³/mol. The van der Waals surface area contributed by atoms with Crippen LogP contribution in [0.15, 0.2) is 23.0 Å². The normalized spacial score (nSPS) is 16.4. The Bertz CT molecular complexity index is 940. The van der Waals surface area contributed by atoms with Crippen molar-refractivity contribution >= 4 is 22.8 Å². The molecule has 0 aliphatic carbocycles. The van der Waals surface area contributed by atoms with Crippen LogP contribution in [0.2, 0.25) is 0 Å². The van der Waals surface area contributed by atoms with Crippen molar-refractivity contribution in [1.29, 1.82) is 0 Å². The fourth-order valence-corrected chi connectivity index (χ4v) is 3.26. The number of ether oxygens (including phenoxy) is 2. The Morgan fingerprint density at radius 1 is 1.31 bits per heavy atom. The Hall–Kier alpha value is -2.84. The van der Waals surface area contributed by atoms with E-state index in [9.17, 15) is 18.8 Å². The highest BCUT2D eigenvalue weighted by Gasteiger charge is 2.52. The zero-order valence-electron chi connectivity index (χ0n) is 14.1. The van der Waals surface area contributed by atoms with Gasteiger partial charge >= 0.3 is 17.6 Å². The lowest BCUT2D eigenvalue weighted by atomic mass is 9.90. The summed E-state index contributed by atoms with van der Waals surface area (Å²) >= 11 is 0. The van der Waals surface area contributed by atoms with Crippen molar-refractivity contribution in [2.75, 3.05) is 14.2 Å². The maximum atomic E-state index is 15.1. The van der Waals surface area contributed by atoms with Crippen LogP contribution in [0.1, 0.15) is 24.6 Å². The molecule has 2 heterocycles. The van der Waals surface area contributed by atoms with E-state index >= 15 is 4.39 Å². The molecule has 1 aromatic carbocycles. The van der Waals surface area contributed by atoms with Crippen LogP contribution >= 0.6 is 0 Å². The minimum Gasteiger partial charge on any atom is -0.466 e. The second-order valence-electron chi connectivity index (χ2n) is 6.06. The summed E-state index contributed by atoms with van der Waals surface area (Å²) in [5, 5.41) is 0.239. The molecule has 0 N–H and O–H groups in total. The van der Waals surface area contributed by atoms with Gasteiger partial charge in [-0.25, -0.2) is 23.4 Å². The van der Waals surface area contributed by atoms with Gasteiger partial charge in [-0.05, 0) is 18.6 Å². The van der Waals surface area contributed by atoms with Gasteiger partial charge in [-0.2, -0.15) is 0 Å². The number of carbonyl (C=O) groups excluding carboxylic acids is 2. The van der Waals surface area contributed by atoms with Crippen molar-refractivity contribution in [2.45, 2.75) is 31.0 Å². The van der Waals surface area contributed by atoms with Crippen LogP contribution < -0.4 is 5.56 Å². The van der Waals surface area contributed by atoms with E-state index in [0.29, 0.717) is 6.42 Å². The SMILES string of the molecule is COC(=O)C(F)(CC1CCn2c1nc1cc(F)ccc1c2=O)C(=O)OC. The Morgan fingerprint density at radius 3 is 2.58 bits per heavy atom. The lowest BCUT2D eigenvalue weighted by Crippen LogP contribution is -2.45. The summed E-state index contributed by atoms with van der Waals surface area (Å²) in [4.78, 5) is 40.5. The van der Waals surface area contributed by atoms with Gasteiger partial charge in [-0.1, -0.05) is 0 Å². The third-order valence-corrected chi connectivity index (χ3v) is 4.56. The topological polar surface area (TPSA) is 87.5 Å². The highest BCUT2D eigenvalue weighted by Crippen LogP contribution is 2.36. The minimum absolute atomic E-state index is 0.133. The number of alkyl halides is 1. The fraction of sp³-hybridized carbons (Fsp3) is 0.412. The van der Waals surface area contributed by atoms with Crippen LogP contribution in [0.4, 0.5) is 8.78 Å². The van der Waals surface area contributed by atoms with Crippen LogP contribution in [0, 0.1) is 5.82 Å². The summed E-state index contributed by atoms with van der Waals surface area (Å²) in [6.07, 6.45) is -0.291. The average Bonchev–Trinajstić information content (AvgIpc) is 3.02. The summed E-state index contributed by atoms with van der Waals surface area (Å²) < 4.78 is 38.7. The van der Waals surface area contributed by atoms with E-state index in [1.54, 1.807) is 0 Å². The summed E-state index contributed by atoms with van der Waals surface area (Å²) in [6, 6.07) is 3.60. The molecule has 9 heteroatoms. The van der Waals surface area contributed by atoms with Crippen molar-refractivity contribution in [3.63, 3.8) is 0 Å². The maximum absolute atomic E-state index is 15.1. The molecule has 0 radical (unpaired) electrons. The number of halogens is 2. The molecule has 0 saturated carbocycles. The van der Waals surface area contributed by atoms with E-state index in [1.165, 1.54) is 10.6 Å². The van der Waals surface area contributed by atoms with Crippen LogP contribution in [0.5, 0.6) is 0 Å². The number of hydrogen-bond donors (Lipinski definition) is 0. The van der Waals surface area contributed by atoms with E-state index in [1.807, 2.05) is 0 Å². The van der Waals surface area contributed by atoms with Crippen LogP contribution in [-0.4, -0.2) is 41.4 Å². The van der Waals surface area contributed by atoms with Crippen LogP contribution in [-0.2, 0) is 25.6 Å². The number of methoxy groups -OCH3 is 2. The second-order valence-corrected chi connectivity index (χ2v) is 6.06. The number of benzene rings is 1. The van der Waals surface area contributed by atoms with Crippen molar-refractivity contribution in [3.05, 3.63) is 40.2 Å². The highest BCUT2D eigenvalue weighted by molar-refractivity contribution is 6.03. The number of carbonyl (C=O) groups is 2. The van der Waals surface area contributed by atoms with Gasteiger partial charge in [0, 0.05) is 24.9 Å². The summed E-state index contributed by atoms with van der Waals surface area (Å²) in [5.74, 6) is -3.83. The molecular formula is C17H16F2N2O5. The quantitative estimate of drug-likeness (QED) is 0.602. The zero-order chi connectivity index (χ0) is 19.1. The number of aromatic nitrogens is 2. The highest BCUT2D eigenvalue weighted by atomic mass is 19.1. The Labute approximate surface area is 146 Å². The zero-order valence-corrected chi connectivity index (χ0v) is 14.1. The molecule has 2 aromatic rings. The van der Waals surface area contributed by atoms with E-state index in [2.05, 4.69) is 14.5 Å². The third-order valence-electron chi connectivity index (χ3n) is 4.56. The van der Waals surface area contributed by atoms with Crippen molar-refractivity contribution in [2.24, 2.45) is 0 Å². The molecule has 0 amide bonds. The minimum atomic E-state index is -3.02. The predicted octanol–water partition coefficient (Wildman–Crippen LogP) is 1.47. The molecule has 0 spiro atoms. The number of hydrogen-bond acceptors (Lipinski definition) is 6. The molecule has 0 saturated heterocycles. The standard InChI is InChI=1S/C17H16F2N2O5/c1-25-15(23)17(19,16(24)26-2)8-9-5-6-21-13(9)20-12-7-10(18)3-4-11(12)14(21)22/h3-4,7,9H,5-6,8H2,1-2H3. The Balaban J connectivity index is 2.06. The van der Waals surface area contributed by atoms with Crippen LogP contribution in [0.25, 0.3) is 10.9 Å². The Morgan fingerprint density at radius 2 is 1.96 bits per heavy atom. The van der Waals surface area contributed by atoms with Gasteiger partial charge in [0.15, 0.2) is 0 Å². The van der Waals surface area contributed by atoms with Gasteiger partial charge in [0.1, 0.15) is 11.6 Å². The number of fused-ring (bicyclic) bond motifs is 2. The first-order chi connectivity index (χ1) is 12.3. The van der Waals surface area contributed by atoms with E-state index < -0.39 is 35.8 Å². The molecule has 3 rings (SSSR count). The third kappa shape index (κ3) is 2.73. The molecule has 0 bridgehead atoms. The number of rotatable bonds is 4. The first-order valence-corrected chi connectivity index (χ1v) is 7.87. The van der Waals surface area contributed by atoms with Crippen molar-refractivity contribution < 1.29 is 27.8 Å². The van der Waals surface area contributed by atoms with Gasteiger partial charge in [-0.15, -0.1) is 0 Å². The van der Waals surface area contributed by atoms with Gasteiger partial charge in [0.05, 0.1) is 25.1 Å². The number of nitrogens with zero attached hydrogens (tertiary/aromatic N) is 2. The van der Waals surface area contributed by atoms with Gasteiger partial charge in [-0.3, -0.25) is 9.36 Å². The molecule has 1 aliphatic rings. The molecule has 0 fully saturated rings. The monoisotopic (exact) mass is 366 g/mol. The molecule has 1 unspecified atom stereocenters. The lowest BCUT2D eigenvalue weighted by Gasteiger charge is -2.22. The smallest absolute Gasteiger partial charge is 0.355 e. The van der Waals surface area contributed by atoms with Gasteiger partial charge < -0.3 is 9.47 Å². The largest absolute Gasteiger partial charge is 0.466 e. The average molecular weight is 366 g/mol. The molecule has 1 atom stereocenters. The molecule has 138 valence electrons. The van der Waals surface area contributed by atoms with E-state index in [0.717, 1.165) is 26.4 Å². The van der Waals surface area contributed by atoms with E-state index in [4.69, 9.17) is 0 Å². The summed E-state index contributed by atoms with van der Waals surface area (Å²) in [6.45, 7) is 0.248. The van der Waals surface area contributed by atoms with Crippen molar-refractivity contribution in [3.8, 4) is 0 Å². The van der Waals surface area contributed by atoms with E-state index in [-0.39, 0.29) is 28.8 Å². The second kappa shape index (κ2) is 6.47. The van der Waals surface area contributed by atoms with Gasteiger partial charge in [0.25, 0.3) is 5.56 Å². The fourth-order valence-electron chi connectivity index (χ4n) is 3.26. The first-order valence-electron chi connectivity index (χ1n) is 7.87. The molecule has 26 heavy (non-hydrogen) atoms. The van der Waals surface area contributed by atoms with Gasteiger partial charge in [0.2, 0.25) is 0 Å². The van der Waals surface area contributed by atoms with Crippen molar-refractivity contribution in [1.82, 2.24) is 9.55 Å². The molecule has 1 aliphatic heterocycles. The first kappa shape index (κ1) is 18.0. The maximum Gasteiger partial charge on any atom is 0.355 e. The lowest BCUT2D eigenvalue weighted by molar-refractivity contribution is -0.172. The molecule has 7 nitrogen and oxygen atoms in total. The molecular weight excluding hydrogens is 350 g/mol. The summed E-state index contributed by atoms with van der Waals surface area (Å²) in [7, 11) is 1.92. The van der Waals surface area contributed by atoms with Crippen LogP contribution in [0.3, 0.4) is 0 Å².